The van der Waals surface area contributed by atoms with Crippen LogP contribution in [-0.4, -0.2) is 30.5 Å². The number of rotatable bonds is 6. The highest BCUT2D eigenvalue weighted by Crippen LogP contribution is 2.30. The predicted molar refractivity (Wildman–Crippen MR) is 109 cm³/mol. The molecule has 1 N–H and O–H groups in total. The largest absolute Gasteiger partial charge is 0.464 e. The number of hydrogen-bond acceptors (Lipinski definition) is 5. The van der Waals surface area contributed by atoms with E-state index in [9.17, 15) is 4.79 Å². The van der Waals surface area contributed by atoms with E-state index in [1.165, 1.54) is 0 Å². The number of carbonyl (C=O) groups is 1. The van der Waals surface area contributed by atoms with Gasteiger partial charge in [0, 0.05) is 29.6 Å². The van der Waals surface area contributed by atoms with Gasteiger partial charge in [-0.2, -0.15) is 10.2 Å². The van der Waals surface area contributed by atoms with Gasteiger partial charge < -0.3 is 9.73 Å². The molecule has 29 heavy (non-hydrogen) atoms. The Balaban J connectivity index is 1.57. The zero-order valence-electron chi connectivity index (χ0n) is 17.0. The van der Waals surface area contributed by atoms with Crippen molar-refractivity contribution in [1.82, 2.24) is 29.9 Å². The summed E-state index contributed by atoms with van der Waals surface area (Å²) in [4.78, 5) is 17.2. The van der Waals surface area contributed by atoms with Crippen LogP contribution < -0.4 is 5.32 Å². The summed E-state index contributed by atoms with van der Waals surface area (Å²) in [5.74, 6) is 0.622. The Kier molecular flexibility index (Phi) is 4.92. The van der Waals surface area contributed by atoms with E-state index in [1.54, 1.807) is 17.1 Å². The quantitative estimate of drug-likeness (QED) is 0.543. The summed E-state index contributed by atoms with van der Waals surface area (Å²) in [5, 5.41) is 12.8. The van der Waals surface area contributed by atoms with Crippen molar-refractivity contribution in [3.05, 3.63) is 53.8 Å². The first-order valence-corrected chi connectivity index (χ1v) is 9.67. The third-order valence-corrected chi connectivity index (χ3v) is 5.17. The average Bonchev–Trinajstić information content (AvgIpc) is 3.42. The highest BCUT2D eigenvalue weighted by Gasteiger charge is 2.19. The van der Waals surface area contributed by atoms with Gasteiger partial charge in [0.2, 0.25) is 5.91 Å². The first-order valence-electron chi connectivity index (χ1n) is 9.67. The monoisotopic (exact) mass is 392 g/mol. The van der Waals surface area contributed by atoms with Crippen LogP contribution in [0.2, 0.25) is 0 Å². The lowest BCUT2D eigenvalue weighted by Gasteiger charge is -2.14. The van der Waals surface area contributed by atoms with Crippen LogP contribution in [0, 0.1) is 13.8 Å². The van der Waals surface area contributed by atoms with Crippen LogP contribution in [0.3, 0.4) is 0 Å². The smallest absolute Gasteiger partial charge is 0.242 e. The number of nitrogens with zero attached hydrogens (tertiary/aromatic N) is 5. The van der Waals surface area contributed by atoms with Crippen molar-refractivity contribution in [3.63, 3.8) is 0 Å². The van der Waals surface area contributed by atoms with Gasteiger partial charge in [-0.05, 0) is 45.9 Å². The molecule has 0 saturated carbocycles. The predicted octanol–water partition coefficient (Wildman–Crippen LogP) is 3.40. The molecule has 4 aromatic rings. The van der Waals surface area contributed by atoms with Crippen molar-refractivity contribution in [2.45, 2.75) is 46.8 Å². The molecule has 1 atom stereocenters. The van der Waals surface area contributed by atoms with Crippen LogP contribution in [0.5, 0.6) is 0 Å². The summed E-state index contributed by atoms with van der Waals surface area (Å²) in [6.45, 7) is 8.82. The molecule has 8 nitrogen and oxygen atoms in total. The van der Waals surface area contributed by atoms with Crippen LogP contribution >= 0.6 is 0 Å². The fourth-order valence-corrected chi connectivity index (χ4v) is 3.73. The van der Waals surface area contributed by atoms with Gasteiger partial charge in [-0.1, -0.05) is 0 Å². The van der Waals surface area contributed by atoms with Gasteiger partial charge in [0.25, 0.3) is 0 Å². The Labute approximate surface area is 168 Å². The van der Waals surface area contributed by atoms with E-state index in [0.717, 1.165) is 40.2 Å². The second-order valence-corrected chi connectivity index (χ2v) is 7.07. The van der Waals surface area contributed by atoms with Gasteiger partial charge in [-0.15, -0.1) is 0 Å². The molecule has 4 heterocycles. The molecule has 0 aliphatic rings. The molecule has 0 bridgehead atoms. The Morgan fingerprint density at radius 1 is 1.28 bits per heavy atom. The molecule has 0 aliphatic heterocycles. The molecule has 4 rings (SSSR count). The number of furan rings is 1. The highest BCUT2D eigenvalue weighted by atomic mass is 16.3. The van der Waals surface area contributed by atoms with Crippen molar-refractivity contribution in [1.29, 1.82) is 0 Å². The second-order valence-electron chi connectivity index (χ2n) is 7.07. The summed E-state index contributed by atoms with van der Waals surface area (Å²) in [6, 6.07) is 5.51. The Hall–Kier alpha value is -3.42. The van der Waals surface area contributed by atoms with Crippen molar-refractivity contribution in [2.24, 2.45) is 0 Å². The normalized spacial score (nSPS) is 12.4. The minimum absolute atomic E-state index is 0.0876. The summed E-state index contributed by atoms with van der Waals surface area (Å²) >= 11 is 0. The van der Waals surface area contributed by atoms with Crippen molar-refractivity contribution >= 4 is 16.9 Å². The van der Waals surface area contributed by atoms with Crippen LogP contribution in [0.25, 0.3) is 22.4 Å². The lowest BCUT2D eigenvalue weighted by Crippen LogP contribution is -2.30. The molecule has 8 heteroatoms. The van der Waals surface area contributed by atoms with Crippen molar-refractivity contribution < 1.29 is 9.21 Å². The number of carbonyl (C=O) groups excluding carboxylic acids is 1. The molecular weight excluding hydrogens is 368 g/mol. The average molecular weight is 392 g/mol. The molecule has 1 amide bonds. The first-order chi connectivity index (χ1) is 14.0. The van der Waals surface area contributed by atoms with E-state index < -0.39 is 0 Å². The molecule has 150 valence electrons. The minimum atomic E-state index is -0.141. The fourth-order valence-electron chi connectivity index (χ4n) is 3.73. The van der Waals surface area contributed by atoms with Gasteiger partial charge in [-0.3, -0.25) is 9.48 Å². The van der Waals surface area contributed by atoms with Gasteiger partial charge in [-0.25, -0.2) is 9.67 Å². The van der Waals surface area contributed by atoms with Gasteiger partial charge in [0.05, 0.1) is 29.6 Å². The Morgan fingerprint density at radius 3 is 2.79 bits per heavy atom. The molecule has 4 aromatic heterocycles. The molecule has 0 spiro atoms. The lowest BCUT2D eigenvalue weighted by molar-refractivity contribution is -0.122. The minimum Gasteiger partial charge on any atom is -0.464 e. The lowest BCUT2D eigenvalue weighted by atomic mass is 10.1. The zero-order valence-corrected chi connectivity index (χ0v) is 17.0. The van der Waals surface area contributed by atoms with Crippen molar-refractivity contribution in [3.8, 4) is 11.3 Å². The third-order valence-electron chi connectivity index (χ3n) is 5.17. The maximum Gasteiger partial charge on any atom is 0.242 e. The highest BCUT2D eigenvalue weighted by molar-refractivity contribution is 5.93. The van der Waals surface area contributed by atoms with Crippen LogP contribution in [0.1, 0.15) is 36.8 Å². The van der Waals surface area contributed by atoms with E-state index in [2.05, 4.69) is 20.5 Å². The van der Waals surface area contributed by atoms with E-state index in [1.807, 2.05) is 56.8 Å². The Bertz CT molecular complexity index is 1160. The summed E-state index contributed by atoms with van der Waals surface area (Å²) in [6.07, 6.45) is 5.16. The number of nitrogens with one attached hydrogen (secondary N) is 1. The zero-order chi connectivity index (χ0) is 20.5. The molecule has 0 radical (unpaired) electrons. The number of amides is 1. The number of aromatic nitrogens is 5. The van der Waals surface area contributed by atoms with Crippen LogP contribution in [0.4, 0.5) is 0 Å². The van der Waals surface area contributed by atoms with E-state index in [-0.39, 0.29) is 18.5 Å². The number of aryl methyl sites for hydroxylation is 2. The first kappa shape index (κ1) is 18.9. The third kappa shape index (κ3) is 3.41. The summed E-state index contributed by atoms with van der Waals surface area (Å²) in [7, 11) is 0. The molecule has 1 unspecified atom stereocenters. The van der Waals surface area contributed by atoms with Gasteiger partial charge in [0.15, 0.2) is 5.65 Å². The SMILES string of the molecule is CCn1ncc(C(C)NC(=O)Cn2nc(C)c3c(-c4ccco4)ccnc32)c1C. The molecule has 0 aliphatic carbocycles. The van der Waals surface area contributed by atoms with Gasteiger partial charge >= 0.3 is 0 Å². The maximum atomic E-state index is 12.7. The van der Waals surface area contributed by atoms with E-state index in [4.69, 9.17) is 4.42 Å². The van der Waals surface area contributed by atoms with Crippen molar-refractivity contribution in [2.75, 3.05) is 0 Å². The topological polar surface area (TPSA) is 90.8 Å². The van der Waals surface area contributed by atoms with E-state index >= 15 is 0 Å². The summed E-state index contributed by atoms with van der Waals surface area (Å²) < 4.78 is 9.10. The number of fused-ring (bicyclic) bond motifs is 1. The molecule has 0 saturated heterocycles. The number of hydrogen-bond donors (Lipinski definition) is 1. The molecular formula is C21H24N6O2. The maximum absolute atomic E-state index is 12.7. The fraction of sp³-hybridized carbons (Fsp3) is 0.333. The van der Waals surface area contributed by atoms with Crippen LogP contribution in [0.15, 0.2) is 41.3 Å². The second kappa shape index (κ2) is 7.54. The van der Waals surface area contributed by atoms with Crippen LogP contribution in [-0.2, 0) is 17.9 Å². The van der Waals surface area contributed by atoms with E-state index in [0.29, 0.717) is 5.65 Å². The van der Waals surface area contributed by atoms with Gasteiger partial charge in [0.1, 0.15) is 12.3 Å². The standard InChI is InChI=1S/C21H24N6O2/c1-5-26-15(4)17(11-23-26)13(2)24-19(28)12-27-21-20(14(3)25-27)16(8-9-22-21)18-7-6-10-29-18/h6-11,13H,5,12H2,1-4H3,(H,24,28). The molecule has 0 aromatic carbocycles. The molecule has 0 fully saturated rings. The number of pyridine rings is 1. The Morgan fingerprint density at radius 2 is 2.10 bits per heavy atom. The summed E-state index contributed by atoms with van der Waals surface area (Å²) in [5.41, 5.74) is 4.46.